The minimum absolute atomic E-state index is 0.476. The second-order valence-corrected chi connectivity index (χ2v) is 4.89. The summed E-state index contributed by atoms with van der Waals surface area (Å²) in [7, 11) is 0. The minimum atomic E-state index is 0.476. The Kier molecular flexibility index (Phi) is 2.92. The fraction of sp³-hybridized carbons (Fsp3) is 1.00. The molecular weight excluding hydrogens is 265 g/mol. The molecule has 0 aromatic carbocycles. The van der Waals surface area contributed by atoms with Crippen LogP contribution in [0.25, 0.3) is 0 Å². The third-order valence-corrected chi connectivity index (χ3v) is 3.67. The number of hydrogen-bond acceptors (Lipinski definition) is 2. The van der Waals surface area contributed by atoms with E-state index in [1.54, 1.807) is 0 Å². The summed E-state index contributed by atoms with van der Waals surface area (Å²) >= 11 is 2.46. The molecule has 1 aliphatic carbocycles. The van der Waals surface area contributed by atoms with Crippen LogP contribution in [0.3, 0.4) is 0 Å². The number of nitrogens with zero attached hydrogens (tertiary/aromatic N) is 1. The summed E-state index contributed by atoms with van der Waals surface area (Å²) < 4.78 is 6.81. The quantitative estimate of drug-likeness (QED) is 0.564. The zero-order chi connectivity index (χ0) is 8.44. The van der Waals surface area contributed by atoms with Crippen molar-refractivity contribution in [3.05, 3.63) is 0 Å². The van der Waals surface area contributed by atoms with Crippen LogP contribution in [0.2, 0.25) is 0 Å². The normalized spacial score (nSPS) is 28.8. The van der Waals surface area contributed by atoms with Crippen LogP contribution in [-0.4, -0.2) is 41.2 Å². The summed E-state index contributed by atoms with van der Waals surface area (Å²) in [4.78, 5) is 2.65. The molecule has 2 aliphatic rings. The molecule has 2 nitrogen and oxygen atoms in total. The number of hydrogen-bond donors (Lipinski definition) is 0. The molecule has 1 spiro atoms. The molecule has 3 heteroatoms. The lowest BCUT2D eigenvalue weighted by Crippen LogP contribution is -2.61. The van der Waals surface area contributed by atoms with Gasteiger partial charge >= 0.3 is 0 Å². The Morgan fingerprint density at radius 1 is 1.42 bits per heavy atom. The smallest absolute Gasteiger partial charge is 0.0651 e. The molecule has 0 aromatic rings. The van der Waals surface area contributed by atoms with Gasteiger partial charge in [-0.3, -0.25) is 4.90 Å². The average Bonchev–Trinajstić information content (AvgIpc) is 2.03. The van der Waals surface area contributed by atoms with Crippen molar-refractivity contribution in [3.8, 4) is 0 Å². The first-order chi connectivity index (χ1) is 5.87. The van der Waals surface area contributed by atoms with Crippen molar-refractivity contribution in [3.63, 3.8) is 0 Å². The van der Waals surface area contributed by atoms with E-state index in [4.69, 9.17) is 4.74 Å². The van der Waals surface area contributed by atoms with Gasteiger partial charge in [0.1, 0.15) is 0 Å². The summed E-state index contributed by atoms with van der Waals surface area (Å²) in [6, 6.07) is 0. The van der Waals surface area contributed by atoms with Crippen molar-refractivity contribution >= 4 is 22.6 Å². The van der Waals surface area contributed by atoms with Crippen molar-refractivity contribution < 1.29 is 4.74 Å². The largest absolute Gasteiger partial charge is 0.378 e. The molecule has 0 atom stereocenters. The lowest BCUT2D eigenvalue weighted by atomic mass is 9.75. The highest BCUT2D eigenvalue weighted by Gasteiger charge is 2.43. The maximum absolute atomic E-state index is 5.56. The van der Waals surface area contributed by atoms with E-state index >= 15 is 0 Å². The number of alkyl halides is 1. The van der Waals surface area contributed by atoms with E-state index in [2.05, 4.69) is 27.5 Å². The van der Waals surface area contributed by atoms with E-state index in [0.29, 0.717) is 5.54 Å². The Morgan fingerprint density at radius 2 is 2.25 bits per heavy atom. The fourth-order valence-electron chi connectivity index (χ4n) is 2.26. The third-order valence-electron chi connectivity index (χ3n) is 3.19. The molecule has 1 saturated carbocycles. The molecule has 0 radical (unpaired) electrons. The molecular formula is C9H16INO. The van der Waals surface area contributed by atoms with E-state index in [9.17, 15) is 0 Å². The molecule has 0 aromatic heterocycles. The molecule has 2 fully saturated rings. The lowest BCUT2D eigenvalue weighted by molar-refractivity contribution is -0.103. The molecule has 0 amide bonds. The number of rotatable bonds is 2. The SMILES string of the molecule is ICCN1CCOCC12CCC2. The van der Waals surface area contributed by atoms with Crippen LogP contribution in [0.4, 0.5) is 0 Å². The van der Waals surface area contributed by atoms with Crippen LogP contribution in [0.5, 0.6) is 0 Å². The van der Waals surface area contributed by atoms with Crippen LogP contribution in [0, 0.1) is 0 Å². The van der Waals surface area contributed by atoms with E-state index in [0.717, 1.165) is 19.8 Å². The zero-order valence-corrected chi connectivity index (χ0v) is 9.55. The molecule has 0 N–H and O–H groups in total. The monoisotopic (exact) mass is 281 g/mol. The Morgan fingerprint density at radius 3 is 2.83 bits per heavy atom. The summed E-state index contributed by atoms with van der Waals surface area (Å²) in [6.07, 6.45) is 4.13. The van der Waals surface area contributed by atoms with Crippen LogP contribution in [0.1, 0.15) is 19.3 Å². The molecule has 1 saturated heterocycles. The average molecular weight is 281 g/mol. The van der Waals surface area contributed by atoms with Crippen molar-refractivity contribution in [2.75, 3.05) is 30.7 Å². The van der Waals surface area contributed by atoms with Gasteiger partial charge in [-0.1, -0.05) is 22.6 Å². The van der Waals surface area contributed by atoms with Gasteiger partial charge < -0.3 is 4.74 Å². The highest BCUT2D eigenvalue weighted by atomic mass is 127. The summed E-state index contributed by atoms with van der Waals surface area (Å²) in [5.74, 6) is 0. The predicted octanol–water partition coefficient (Wildman–Crippen LogP) is 1.68. The Labute approximate surface area is 87.8 Å². The first kappa shape index (κ1) is 9.21. The van der Waals surface area contributed by atoms with Gasteiger partial charge in [-0.25, -0.2) is 0 Å². The van der Waals surface area contributed by atoms with Gasteiger partial charge in [-0.15, -0.1) is 0 Å². The van der Waals surface area contributed by atoms with Crippen LogP contribution in [-0.2, 0) is 4.74 Å². The highest BCUT2D eigenvalue weighted by molar-refractivity contribution is 14.1. The number of ether oxygens (including phenoxy) is 1. The second-order valence-electron chi connectivity index (χ2n) is 3.81. The third kappa shape index (κ3) is 1.51. The van der Waals surface area contributed by atoms with Crippen molar-refractivity contribution in [1.29, 1.82) is 0 Å². The molecule has 1 heterocycles. The van der Waals surface area contributed by atoms with Crippen LogP contribution in [0.15, 0.2) is 0 Å². The molecule has 1 aliphatic heterocycles. The van der Waals surface area contributed by atoms with Crippen LogP contribution < -0.4 is 0 Å². The summed E-state index contributed by atoms with van der Waals surface area (Å²) in [5.41, 5.74) is 0.476. The van der Waals surface area contributed by atoms with Gasteiger partial charge in [0.15, 0.2) is 0 Å². The molecule has 0 bridgehead atoms. The molecule has 12 heavy (non-hydrogen) atoms. The standard InChI is InChI=1S/C9H16INO/c10-4-5-11-6-7-12-8-9(11)2-1-3-9/h1-8H2. The van der Waals surface area contributed by atoms with Gasteiger partial charge in [0.05, 0.1) is 13.2 Å². The van der Waals surface area contributed by atoms with Crippen molar-refractivity contribution in [1.82, 2.24) is 4.90 Å². The van der Waals surface area contributed by atoms with E-state index in [1.807, 2.05) is 0 Å². The minimum Gasteiger partial charge on any atom is -0.378 e. The van der Waals surface area contributed by atoms with Crippen molar-refractivity contribution in [2.24, 2.45) is 0 Å². The lowest BCUT2D eigenvalue weighted by Gasteiger charge is -2.52. The molecule has 0 unspecified atom stereocenters. The van der Waals surface area contributed by atoms with Crippen molar-refractivity contribution in [2.45, 2.75) is 24.8 Å². The first-order valence-electron chi connectivity index (χ1n) is 4.76. The number of halogens is 1. The Bertz CT molecular complexity index is 157. The van der Waals surface area contributed by atoms with E-state index in [-0.39, 0.29) is 0 Å². The Balaban J connectivity index is 1.97. The topological polar surface area (TPSA) is 12.5 Å². The van der Waals surface area contributed by atoms with E-state index in [1.165, 1.54) is 30.2 Å². The molecule has 70 valence electrons. The zero-order valence-electron chi connectivity index (χ0n) is 7.39. The summed E-state index contributed by atoms with van der Waals surface area (Å²) in [5, 5.41) is 0. The van der Waals surface area contributed by atoms with Gasteiger partial charge in [-0.2, -0.15) is 0 Å². The summed E-state index contributed by atoms with van der Waals surface area (Å²) in [6.45, 7) is 4.34. The van der Waals surface area contributed by atoms with Gasteiger partial charge in [0.25, 0.3) is 0 Å². The predicted molar refractivity (Wildman–Crippen MR) is 57.9 cm³/mol. The Hall–Kier alpha value is 0.650. The van der Waals surface area contributed by atoms with Crippen LogP contribution >= 0.6 is 22.6 Å². The van der Waals surface area contributed by atoms with Gasteiger partial charge in [0.2, 0.25) is 0 Å². The first-order valence-corrected chi connectivity index (χ1v) is 6.29. The number of morpholine rings is 1. The maximum atomic E-state index is 5.56. The highest BCUT2D eigenvalue weighted by Crippen LogP contribution is 2.39. The molecule has 2 rings (SSSR count). The second kappa shape index (κ2) is 3.80. The maximum Gasteiger partial charge on any atom is 0.0651 e. The fourth-order valence-corrected chi connectivity index (χ4v) is 2.84. The van der Waals surface area contributed by atoms with Gasteiger partial charge in [0, 0.05) is 23.1 Å². The van der Waals surface area contributed by atoms with Gasteiger partial charge in [-0.05, 0) is 19.3 Å². The van der Waals surface area contributed by atoms with E-state index < -0.39 is 0 Å².